The molecule has 2 heterocycles. The third-order valence-electron chi connectivity index (χ3n) is 5.50. The Morgan fingerprint density at radius 1 is 1.37 bits per heavy atom. The topological polar surface area (TPSA) is 83.9 Å². The van der Waals surface area contributed by atoms with Crippen LogP contribution in [0.4, 0.5) is 5.69 Å². The standard InChI is InChI=1S/C20H28N4O3/c1-4-17-23-20(19(26)24(17)11-12-27-3)9-7-15(8-10-20)18(25)22-16-6-5-14(2)21-13-16/h5-6,13,15H,4,7-12H2,1-3H3,(H,22,25). The van der Waals surface area contributed by atoms with Crippen LogP contribution in [0.2, 0.25) is 0 Å². The lowest BCUT2D eigenvalue weighted by atomic mass is 9.76. The molecule has 0 unspecified atom stereocenters. The van der Waals surface area contributed by atoms with Crippen molar-refractivity contribution in [2.75, 3.05) is 25.6 Å². The Kier molecular flexibility index (Phi) is 5.89. The normalized spacial score (nSPS) is 25.0. The lowest BCUT2D eigenvalue weighted by Gasteiger charge is -2.33. The second-order valence-electron chi connectivity index (χ2n) is 7.31. The molecule has 1 aliphatic carbocycles. The van der Waals surface area contributed by atoms with Crippen LogP contribution in [-0.2, 0) is 14.3 Å². The summed E-state index contributed by atoms with van der Waals surface area (Å²) >= 11 is 0. The van der Waals surface area contributed by atoms with Gasteiger partial charge < -0.3 is 10.1 Å². The maximum Gasteiger partial charge on any atom is 0.255 e. The molecule has 1 saturated carbocycles. The van der Waals surface area contributed by atoms with Crippen LogP contribution >= 0.6 is 0 Å². The van der Waals surface area contributed by atoms with E-state index in [0.29, 0.717) is 44.5 Å². The van der Waals surface area contributed by atoms with Gasteiger partial charge in [-0.2, -0.15) is 0 Å². The quantitative estimate of drug-likeness (QED) is 0.832. The van der Waals surface area contributed by atoms with Gasteiger partial charge in [-0.05, 0) is 44.7 Å². The minimum absolute atomic E-state index is 0.00289. The SMILES string of the molecule is CCC1=NC2(CCC(C(=O)Nc3ccc(C)nc3)CC2)C(=O)N1CCOC. The number of nitrogens with zero attached hydrogens (tertiary/aromatic N) is 3. The largest absolute Gasteiger partial charge is 0.383 e. The molecule has 0 saturated heterocycles. The van der Waals surface area contributed by atoms with Crippen LogP contribution in [0.25, 0.3) is 0 Å². The first-order valence-corrected chi connectivity index (χ1v) is 9.62. The Morgan fingerprint density at radius 3 is 2.70 bits per heavy atom. The van der Waals surface area contributed by atoms with Crippen LogP contribution in [0.3, 0.4) is 0 Å². The van der Waals surface area contributed by atoms with E-state index in [1.54, 1.807) is 18.2 Å². The molecule has 3 rings (SSSR count). The van der Waals surface area contributed by atoms with Crippen molar-refractivity contribution in [2.24, 2.45) is 10.9 Å². The van der Waals surface area contributed by atoms with E-state index in [9.17, 15) is 9.59 Å². The lowest BCUT2D eigenvalue weighted by Crippen LogP contribution is -2.46. The average Bonchev–Trinajstić information content (AvgIpc) is 2.93. The fraction of sp³-hybridized carbons (Fsp3) is 0.600. The first kappa shape index (κ1) is 19.5. The molecule has 7 heteroatoms. The summed E-state index contributed by atoms with van der Waals surface area (Å²) in [4.78, 5) is 36.3. The second-order valence-corrected chi connectivity index (χ2v) is 7.31. The van der Waals surface area contributed by atoms with Gasteiger partial charge in [0.05, 0.1) is 25.0 Å². The monoisotopic (exact) mass is 372 g/mol. The number of ether oxygens (including phenoxy) is 1. The average molecular weight is 372 g/mol. The van der Waals surface area contributed by atoms with Gasteiger partial charge in [-0.25, -0.2) is 0 Å². The third-order valence-corrected chi connectivity index (χ3v) is 5.50. The summed E-state index contributed by atoms with van der Waals surface area (Å²) in [5.41, 5.74) is 0.941. The lowest BCUT2D eigenvalue weighted by molar-refractivity contribution is -0.134. The molecule has 1 aromatic rings. The Balaban J connectivity index is 1.62. The number of aliphatic imine (C=N–C) groups is 1. The van der Waals surface area contributed by atoms with E-state index in [-0.39, 0.29) is 17.7 Å². The van der Waals surface area contributed by atoms with Crippen LogP contribution in [0.5, 0.6) is 0 Å². The highest BCUT2D eigenvalue weighted by Gasteiger charge is 2.49. The first-order valence-electron chi connectivity index (χ1n) is 9.62. The fourth-order valence-corrected chi connectivity index (χ4v) is 3.88. The van der Waals surface area contributed by atoms with Gasteiger partial charge in [-0.3, -0.25) is 24.5 Å². The van der Waals surface area contributed by atoms with E-state index in [1.807, 2.05) is 26.0 Å². The van der Waals surface area contributed by atoms with Gasteiger partial charge in [-0.15, -0.1) is 0 Å². The van der Waals surface area contributed by atoms with Crippen molar-refractivity contribution >= 4 is 23.3 Å². The van der Waals surface area contributed by atoms with Crippen molar-refractivity contribution in [3.63, 3.8) is 0 Å². The van der Waals surface area contributed by atoms with E-state index in [2.05, 4.69) is 10.3 Å². The molecule has 2 aliphatic rings. The van der Waals surface area contributed by atoms with E-state index in [0.717, 1.165) is 18.0 Å². The van der Waals surface area contributed by atoms with Gasteiger partial charge in [0.15, 0.2) is 0 Å². The number of pyridine rings is 1. The molecule has 2 amide bonds. The zero-order chi connectivity index (χ0) is 19.4. The molecule has 1 fully saturated rings. The van der Waals surface area contributed by atoms with Crippen molar-refractivity contribution in [3.05, 3.63) is 24.0 Å². The number of aromatic nitrogens is 1. The van der Waals surface area contributed by atoms with Crippen molar-refractivity contribution in [1.82, 2.24) is 9.88 Å². The fourth-order valence-electron chi connectivity index (χ4n) is 3.88. The smallest absolute Gasteiger partial charge is 0.255 e. The number of amides is 2. The number of aryl methyl sites for hydroxylation is 1. The third kappa shape index (κ3) is 4.03. The summed E-state index contributed by atoms with van der Waals surface area (Å²) in [6.07, 6.45) is 4.95. The molecule has 0 bridgehead atoms. The summed E-state index contributed by atoms with van der Waals surface area (Å²) in [7, 11) is 1.63. The Bertz CT molecular complexity index is 721. The molecular weight excluding hydrogens is 344 g/mol. The number of anilines is 1. The number of amidine groups is 1. The van der Waals surface area contributed by atoms with Gasteiger partial charge in [0, 0.05) is 25.1 Å². The molecule has 0 radical (unpaired) electrons. The van der Waals surface area contributed by atoms with Crippen molar-refractivity contribution in [3.8, 4) is 0 Å². The number of hydrogen-bond donors (Lipinski definition) is 1. The molecule has 1 aliphatic heterocycles. The molecule has 1 N–H and O–H groups in total. The van der Waals surface area contributed by atoms with E-state index >= 15 is 0 Å². The van der Waals surface area contributed by atoms with E-state index < -0.39 is 5.54 Å². The van der Waals surface area contributed by atoms with Crippen molar-refractivity contribution < 1.29 is 14.3 Å². The van der Waals surface area contributed by atoms with Crippen molar-refractivity contribution in [1.29, 1.82) is 0 Å². The van der Waals surface area contributed by atoms with Gasteiger partial charge in [0.2, 0.25) is 5.91 Å². The van der Waals surface area contributed by atoms with Gasteiger partial charge >= 0.3 is 0 Å². The zero-order valence-electron chi connectivity index (χ0n) is 16.3. The van der Waals surface area contributed by atoms with Crippen LogP contribution in [0, 0.1) is 12.8 Å². The van der Waals surface area contributed by atoms with Crippen LogP contribution in [0.1, 0.15) is 44.7 Å². The maximum absolute atomic E-state index is 13.0. The Hall–Kier alpha value is -2.28. The van der Waals surface area contributed by atoms with Crippen LogP contribution in [0.15, 0.2) is 23.3 Å². The van der Waals surface area contributed by atoms with Gasteiger partial charge in [0.1, 0.15) is 11.4 Å². The van der Waals surface area contributed by atoms with Gasteiger partial charge in [0.25, 0.3) is 5.91 Å². The summed E-state index contributed by atoms with van der Waals surface area (Å²) in [5.74, 6) is 0.804. The number of carbonyl (C=O) groups excluding carboxylic acids is 2. The molecule has 0 atom stereocenters. The summed E-state index contributed by atoms with van der Waals surface area (Å²) in [6.45, 7) is 4.95. The summed E-state index contributed by atoms with van der Waals surface area (Å²) in [5, 5.41) is 2.94. The number of carbonyl (C=O) groups is 2. The predicted molar refractivity (Wildman–Crippen MR) is 104 cm³/mol. The summed E-state index contributed by atoms with van der Waals surface area (Å²) in [6, 6.07) is 3.73. The molecule has 146 valence electrons. The molecular formula is C20H28N4O3. The summed E-state index contributed by atoms with van der Waals surface area (Å²) < 4.78 is 5.13. The number of nitrogens with one attached hydrogen (secondary N) is 1. The predicted octanol–water partition coefficient (Wildman–Crippen LogP) is 2.55. The molecule has 27 heavy (non-hydrogen) atoms. The second kappa shape index (κ2) is 8.17. The van der Waals surface area contributed by atoms with Crippen LogP contribution in [-0.4, -0.2) is 53.3 Å². The molecule has 1 spiro atoms. The number of hydrogen-bond acceptors (Lipinski definition) is 5. The highest BCUT2D eigenvalue weighted by atomic mass is 16.5. The highest BCUT2D eigenvalue weighted by Crippen LogP contribution is 2.40. The first-order chi connectivity index (χ1) is 13.0. The van der Waals surface area contributed by atoms with E-state index in [1.165, 1.54) is 0 Å². The zero-order valence-corrected chi connectivity index (χ0v) is 16.3. The van der Waals surface area contributed by atoms with Gasteiger partial charge in [-0.1, -0.05) is 6.92 Å². The highest BCUT2D eigenvalue weighted by molar-refractivity contribution is 6.08. The molecule has 1 aromatic heterocycles. The molecule has 7 nitrogen and oxygen atoms in total. The van der Waals surface area contributed by atoms with Crippen LogP contribution < -0.4 is 5.32 Å². The van der Waals surface area contributed by atoms with E-state index in [4.69, 9.17) is 9.73 Å². The molecule has 0 aromatic carbocycles. The number of rotatable bonds is 6. The maximum atomic E-state index is 13.0. The minimum atomic E-state index is -0.679. The number of methoxy groups -OCH3 is 1. The Labute approximate surface area is 160 Å². The minimum Gasteiger partial charge on any atom is -0.383 e. The van der Waals surface area contributed by atoms with Crippen molar-refractivity contribution in [2.45, 2.75) is 51.5 Å². The Morgan fingerprint density at radius 2 is 2.11 bits per heavy atom.